The third-order valence-electron chi connectivity index (χ3n) is 6.57. The molecule has 3 rings (SSSR count). The summed E-state index contributed by atoms with van der Waals surface area (Å²) in [5.74, 6) is 0.156. The Morgan fingerprint density at radius 2 is 1.84 bits per heavy atom. The average molecular weight is 423 g/mol. The number of fused-ring (bicyclic) bond motifs is 1. The third-order valence-corrected chi connectivity index (χ3v) is 6.57. The number of rotatable bonds is 7. The van der Waals surface area contributed by atoms with Crippen molar-refractivity contribution >= 4 is 11.9 Å². The van der Waals surface area contributed by atoms with Crippen molar-refractivity contribution in [3.8, 4) is 5.75 Å². The second-order valence-electron chi connectivity index (χ2n) is 9.65. The van der Waals surface area contributed by atoms with Crippen LogP contribution in [0.1, 0.15) is 92.2 Å². The minimum absolute atomic E-state index is 0.147. The van der Waals surface area contributed by atoms with E-state index < -0.39 is 5.92 Å². The summed E-state index contributed by atoms with van der Waals surface area (Å²) in [6.07, 6.45) is 2.01. The molecule has 2 aromatic rings. The van der Waals surface area contributed by atoms with Gasteiger partial charge in [-0.05, 0) is 65.8 Å². The number of carbonyl (C=O) groups excluding carboxylic acids is 2. The molecule has 0 amide bonds. The highest BCUT2D eigenvalue weighted by molar-refractivity contribution is 5.90. The molecule has 0 spiro atoms. The molecule has 0 saturated heterocycles. The molecule has 0 aromatic heterocycles. The third kappa shape index (κ3) is 4.68. The first-order valence-corrected chi connectivity index (χ1v) is 11.1. The molecular formula is C27H34O4. The molecule has 1 unspecified atom stereocenters. The predicted molar refractivity (Wildman–Crippen MR) is 123 cm³/mol. The van der Waals surface area contributed by atoms with Crippen LogP contribution in [0.4, 0.5) is 0 Å². The lowest BCUT2D eigenvalue weighted by molar-refractivity contribution is -0.140. The molecule has 2 aromatic carbocycles. The Balaban J connectivity index is 2.04. The molecule has 4 heteroatoms. The number of methoxy groups -OCH3 is 1. The summed E-state index contributed by atoms with van der Waals surface area (Å²) < 4.78 is 10.6. The summed E-state index contributed by atoms with van der Waals surface area (Å²) in [6.45, 7) is 12.8. The average Bonchev–Trinajstić information content (AvgIpc) is 3.04. The first-order chi connectivity index (χ1) is 14.5. The predicted octanol–water partition coefficient (Wildman–Crippen LogP) is 6.10. The summed E-state index contributed by atoms with van der Waals surface area (Å²) in [4.78, 5) is 24.5. The standard InChI is InChI=1S/C27H34O4/c1-16(2)21-14-20(27(5,6)12-8-9-23(28)30-7)15-22-24(26(29)31-25(21)22)19-11-10-17(3)18(4)13-19/h10-11,13-16,24H,8-9,12H2,1-7H3. The van der Waals surface area contributed by atoms with E-state index in [-0.39, 0.29) is 23.3 Å². The normalized spacial score (nSPS) is 15.7. The van der Waals surface area contributed by atoms with Gasteiger partial charge in [-0.3, -0.25) is 9.59 Å². The molecule has 0 saturated carbocycles. The zero-order valence-electron chi connectivity index (χ0n) is 19.8. The lowest BCUT2D eigenvalue weighted by Gasteiger charge is -2.27. The molecule has 0 radical (unpaired) electrons. The molecule has 31 heavy (non-hydrogen) atoms. The van der Waals surface area contributed by atoms with Crippen molar-refractivity contribution in [2.24, 2.45) is 0 Å². The van der Waals surface area contributed by atoms with Gasteiger partial charge in [0.2, 0.25) is 0 Å². The van der Waals surface area contributed by atoms with E-state index in [4.69, 9.17) is 9.47 Å². The van der Waals surface area contributed by atoms with Gasteiger partial charge in [-0.1, -0.05) is 58.0 Å². The van der Waals surface area contributed by atoms with Crippen molar-refractivity contribution in [3.05, 3.63) is 63.7 Å². The number of hydrogen-bond donors (Lipinski definition) is 0. The molecule has 1 heterocycles. The molecular weight excluding hydrogens is 388 g/mol. The van der Waals surface area contributed by atoms with Crippen LogP contribution in [-0.2, 0) is 19.7 Å². The minimum atomic E-state index is -0.405. The van der Waals surface area contributed by atoms with Gasteiger partial charge in [-0.25, -0.2) is 0 Å². The van der Waals surface area contributed by atoms with Crippen LogP contribution in [0.2, 0.25) is 0 Å². The summed E-state index contributed by atoms with van der Waals surface area (Å²) in [5, 5.41) is 0. The van der Waals surface area contributed by atoms with Crippen molar-refractivity contribution in [3.63, 3.8) is 0 Å². The molecule has 1 atom stereocenters. The monoisotopic (exact) mass is 422 g/mol. The van der Waals surface area contributed by atoms with Crippen LogP contribution in [0, 0.1) is 13.8 Å². The van der Waals surface area contributed by atoms with Crippen molar-refractivity contribution < 1.29 is 19.1 Å². The Bertz CT molecular complexity index is 1000. The molecule has 166 valence electrons. The van der Waals surface area contributed by atoms with Crippen LogP contribution in [0.3, 0.4) is 0 Å². The Kier molecular flexibility index (Phi) is 6.59. The molecule has 0 aliphatic carbocycles. The second-order valence-corrected chi connectivity index (χ2v) is 9.65. The highest BCUT2D eigenvalue weighted by Gasteiger charge is 2.38. The minimum Gasteiger partial charge on any atom is -0.469 e. The number of benzene rings is 2. The summed E-state index contributed by atoms with van der Waals surface area (Å²) in [5.41, 5.74) is 6.39. The van der Waals surface area contributed by atoms with Crippen molar-refractivity contribution in [1.82, 2.24) is 0 Å². The summed E-state index contributed by atoms with van der Waals surface area (Å²) in [6, 6.07) is 10.5. The van der Waals surface area contributed by atoms with E-state index in [1.54, 1.807) is 0 Å². The van der Waals surface area contributed by atoms with Crippen LogP contribution in [0.15, 0.2) is 30.3 Å². The smallest absolute Gasteiger partial charge is 0.323 e. The molecule has 0 bridgehead atoms. The van der Waals surface area contributed by atoms with Crippen molar-refractivity contribution in [2.45, 2.75) is 78.1 Å². The highest BCUT2D eigenvalue weighted by atomic mass is 16.5. The Morgan fingerprint density at radius 1 is 1.13 bits per heavy atom. The first kappa shape index (κ1) is 23.1. The maximum Gasteiger partial charge on any atom is 0.323 e. The van der Waals surface area contributed by atoms with E-state index in [2.05, 4.69) is 65.8 Å². The lowest BCUT2D eigenvalue weighted by Crippen LogP contribution is -2.19. The zero-order valence-corrected chi connectivity index (χ0v) is 19.8. The largest absolute Gasteiger partial charge is 0.469 e. The highest BCUT2D eigenvalue weighted by Crippen LogP contribution is 2.46. The topological polar surface area (TPSA) is 52.6 Å². The summed E-state index contributed by atoms with van der Waals surface area (Å²) in [7, 11) is 1.42. The maximum atomic E-state index is 13.0. The first-order valence-electron chi connectivity index (χ1n) is 11.1. The Hall–Kier alpha value is -2.62. The molecule has 1 aliphatic heterocycles. The van der Waals surface area contributed by atoms with Gasteiger partial charge >= 0.3 is 11.9 Å². The van der Waals surface area contributed by atoms with Gasteiger partial charge in [0.1, 0.15) is 11.7 Å². The molecule has 4 nitrogen and oxygen atoms in total. The van der Waals surface area contributed by atoms with E-state index in [0.717, 1.165) is 35.3 Å². The maximum absolute atomic E-state index is 13.0. The SMILES string of the molecule is COC(=O)CCCC(C)(C)c1cc(C(C)C)c2c(c1)C(c1ccc(C)c(C)c1)C(=O)O2. The zero-order chi connectivity index (χ0) is 22.9. The molecule has 0 fully saturated rings. The van der Waals surface area contributed by atoms with E-state index in [1.165, 1.54) is 23.8 Å². The van der Waals surface area contributed by atoms with E-state index in [9.17, 15) is 9.59 Å². The fourth-order valence-electron chi connectivity index (χ4n) is 4.29. The number of ether oxygens (including phenoxy) is 2. The van der Waals surface area contributed by atoms with Gasteiger partial charge in [0.15, 0.2) is 0 Å². The van der Waals surface area contributed by atoms with Gasteiger partial charge in [-0.2, -0.15) is 0 Å². The molecule has 1 aliphatic rings. The van der Waals surface area contributed by atoms with Gasteiger partial charge in [-0.15, -0.1) is 0 Å². The van der Waals surface area contributed by atoms with Crippen LogP contribution in [-0.4, -0.2) is 19.0 Å². The van der Waals surface area contributed by atoms with Gasteiger partial charge in [0, 0.05) is 12.0 Å². The van der Waals surface area contributed by atoms with E-state index >= 15 is 0 Å². The fourth-order valence-corrected chi connectivity index (χ4v) is 4.29. The van der Waals surface area contributed by atoms with Crippen molar-refractivity contribution in [1.29, 1.82) is 0 Å². The van der Waals surface area contributed by atoms with Gasteiger partial charge < -0.3 is 9.47 Å². The number of aryl methyl sites for hydroxylation is 2. The number of hydrogen-bond acceptors (Lipinski definition) is 4. The van der Waals surface area contributed by atoms with Gasteiger partial charge in [0.05, 0.1) is 7.11 Å². The van der Waals surface area contributed by atoms with E-state index in [0.29, 0.717) is 6.42 Å². The van der Waals surface area contributed by atoms with Crippen LogP contribution >= 0.6 is 0 Å². The van der Waals surface area contributed by atoms with Crippen molar-refractivity contribution in [2.75, 3.05) is 7.11 Å². The number of carbonyl (C=O) groups is 2. The Labute approximate surface area is 186 Å². The molecule has 0 N–H and O–H groups in total. The number of esters is 2. The lowest BCUT2D eigenvalue weighted by atomic mass is 9.76. The quantitative estimate of drug-likeness (QED) is 0.400. The van der Waals surface area contributed by atoms with Crippen LogP contribution < -0.4 is 4.74 Å². The van der Waals surface area contributed by atoms with Crippen LogP contribution in [0.25, 0.3) is 0 Å². The van der Waals surface area contributed by atoms with E-state index in [1.807, 2.05) is 6.07 Å². The summed E-state index contributed by atoms with van der Waals surface area (Å²) >= 11 is 0. The second kappa shape index (κ2) is 8.86. The van der Waals surface area contributed by atoms with Gasteiger partial charge in [0.25, 0.3) is 0 Å². The fraction of sp³-hybridized carbons (Fsp3) is 0.481. The Morgan fingerprint density at radius 3 is 2.45 bits per heavy atom. The van der Waals surface area contributed by atoms with Crippen LogP contribution in [0.5, 0.6) is 5.75 Å².